The van der Waals surface area contributed by atoms with E-state index in [2.05, 4.69) is 20.9 Å². The summed E-state index contributed by atoms with van der Waals surface area (Å²) in [6.45, 7) is 8.93. The Morgan fingerprint density at radius 3 is 0.744 bits per heavy atom. The molecule has 2 nitrogen and oxygen atoms in total. The molecular formula is C37H78NO+. The molecule has 0 aromatic heterocycles. The second-order valence-electron chi connectivity index (χ2n) is 13.4. The van der Waals surface area contributed by atoms with Gasteiger partial charge in [0.1, 0.15) is 0 Å². The number of rotatable bonds is 34. The smallest absolute Gasteiger partial charge is 0.0785 e. The Kier molecular flexibility index (Phi) is 32.4. The molecule has 0 aliphatic rings. The first-order valence-corrected chi connectivity index (χ1v) is 18.6. The molecule has 0 aliphatic carbocycles. The van der Waals surface area contributed by atoms with Gasteiger partial charge < -0.3 is 9.59 Å². The van der Waals surface area contributed by atoms with Crippen molar-refractivity contribution in [3.63, 3.8) is 0 Å². The predicted molar refractivity (Wildman–Crippen MR) is 178 cm³/mol. The van der Waals surface area contributed by atoms with E-state index in [0.29, 0.717) is 6.61 Å². The number of aliphatic hydroxyl groups is 1. The average Bonchev–Trinajstić information content (AvgIpc) is 2.93. The first-order chi connectivity index (χ1) is 19.2. The van der Waals surface area contributed by atoms with Gasteiger partial charge in [0.2, 0.25) is 0 Å². The van der Waals surface area contributed by atoms with E-state index < -0.39 is 0 Å². The molecule has 39 heavy (non-hydrogen) atoms. The lowest BCUT2D eigenvalue weighted by Gasteiger charge is -2.35. The molecule has 0 spiro atoms. The van der Waals surface area contributed by atoms with E-state index >= 15 is 0 Å². The number of hydrogen-bond acceptors (Lipinski definition) is 1. The topological polar surface area (TPSA) is 20.2 Å². The molecule has 0 unspecified atom stereocenters. The molecule has 0 bridgehead atoms. The van der Waals surface area contributed by atoms with Crippen LogP contribution < -0.4 is 0 Å². The van der Waals surface area contributed by atoms with Gasteiger partial charge in [-0.3, -0.25) is 0 Å². The van der Waals surface area contributed by atoms with Gasteiger partial charge in [0.25, 0.3) is 0 Å². The quantitative estimate of drug-likeness (QED) is 0.0621. The van der Waals surface area contributed by atoms with Gasteiger partial charge in [-0.05, 0) is 38.5 Å². The Morgan fingerprint density at radius 2 is 0.513 bits per heavy atom. The van der Waals surface area contributed by atoms with Crippen LogP contribution in [0.2, 0.25) is 0 Å². The highest BCUT2D eigenvalue weighted by Gasteiger charge is 2.20. The van der Waals surface area contributed by atoms with Crippen LogP contribution in [0.25, 0.3) is 0 Å². The minimum absolute atomic E-state index is 0.359. The fourth-order valence-electron chi connectivity index (χ4n) is 6.32. The molecule has 0 aromatic carbocycles. The average molecular weight is 553 g/mol. The summed E-state index contributed by atoms with van der Waals surface area (Å²) in [6, 6.07) is 0. The van der Waals surface area contributed by atoms with Crippen molar-refractivity contribution >= 4 is 0 Å². The van der Waals surface area contributed by atoms with E-state index in [1.165, 1.54) is 210 Å². The summed E-state index contributed by atoms with van der Waals surface area (Å²) in [5.74, 6) is 0. The number of quaternary nitrogens is 1. The van der Waals surface area contributed by atoms with Crippen molar-refractivity contribution in [3.05, 3.63) is 0 Å². The highest BCUT2D eigenvalue weighted by atomic mass is 16.2. The summed E-state index contributed by atoms with van der Waals surface area (Å²) < 4.78 is 1.25. The molecule has 0 heterocycles. The third-order valence-electron chi connectivity index (χ3n) is 9.21. The van der Waals surface area contributed by atoms with Crippen LogP contribution in [0.4, 0.5) is 0 Å². The zero-order chi connectivity index (χ0) is 28.5. The third kappa shape index (κ3) is 30.7. The summed E-state index contributed by atoms with van der Waals surface area (Å²) >= 11 is 0. The van der Waals surface area contributed by atoms with E-state index in [9.17, 15) is 5.11 Å². The van der Waals surface area contributed by atoms with E-state index in [0.717, 1.165) is 6.42 Å². The zero-order valence-corrected chi connectivity index (χ0v) is 27.9. The Morgan fingerprint density at radius 1 is 0.308 bits per heavy atom. The van der Waals surface area contributed by atoms with Gasteiger partial charge in [-0.1, -0.05) is 168 Å². The summed E-state index contributed by atoms with van der Waals surface area (Å²) in [5, 5.41) is 9.27. The summed E-state index contributed by atoms with van der Waals surface area (Å²) in [7, 11) is 2.50. The lowest BCUT2D eigenvalue weighted by molar-refractivity contribution is -0.910. The van der Waals surface area contributed by atoms with E-state index in [4.69, 9.17) is 0 Å². The second kappa shape index (κ2) is 32.4. The van der Waals surface area contributed by atoms with Gasteiger partial charge in [-0.25, -0.2) is 0 Å². The molecule has 0 fully saturated rings. The van der Waals surface area contributed by atoms with Gasteiger partial charge in [0.15, 0.2) is 0 Å². The molecule has 0 aromatic rings. The first kappa shape index (κ1) is 38.9. The van der Waals surface area contributed by atoms with Crippen LogP contribution in [-0.4, -0.2) is 42.9 Å². The standard InChI is InChI=1S/C37H78NO/c1-4-6-8-10-12-14-16-18-20-22-24-26-28-30-34-38(3,36-32-33-37-39)35-31-29-27-25-23-21-19-17-15-13-11-9-7-5-2/h39H,4-37H2,1-3H3/q+1. The molecule has 0 aliphatic heterocycles. The summed E-state index contributed by atoms with van der Waals surface area (Å²) in [5.41, 5.74) is 0. The normalized spacial score (nSPS) is 12.0. The van der Waals surface area contributed by atoms with Crippen LogP contribution in [0.15, 0.2) is 0 Å². The van der Waals surface area contributed by atoms with Crippen molar-refractivity contribution in [1.29, 1.82) is 0 Å². The van der Waals surface area contributed by atoms with Crippen LogP contribution in [0, 0.1) is 0 Å². The molecule has 0 saturated heterocycles. The molecular weight excluding hydrogens is 474 g/mol. The number of unbranched alkanes of at least 4 members (excludes halogenated alkanes) is 27. The fourth-order valence-corrected chi connectivity index (χ4v) is 6.32. The van der Waals surface area contributed by atoms with Crippen LogP contribution in [0.1, 0.15) is 206 Å². The van der Waals surface area contributed by atoms with Gasteiger partial charge in [0.05, 0.1) is 26.7 Å². The van der Waals surface area contributed by atoms with Gasteiger partial charge in [-0.15, -0.1) is 0 Å². The number of hydrogen-bond donors (Lipinski definition) is 1. The largest absolute Gasteiger partial charge is 0.396 e. The molecule has 0 saturated carbocycles. The lowest BCUT2D eigenvalue weighted by atomic mass is 10.0. The van der Waals surface area contributed by atoms with Crippen molar-refractivity contribution in [2.45, 2.75) is 206 Å². The predicted octanol–water partition coefficient (Wildman–Crippen LogP) is 12.2. The monoisotopic (exact) mass is 553 g/mol. The number of aliphatic hydroxyl groups excluding tert-OH is 1. The maximum Gasteiger partial charge on any atom is 0.0785 e. The SMILES string of the molecule is CCCCCCCCCCCCCCCC[N+](C)(CCCCO)CCCCCCCCCCCCCCCC. The highest BCUT2D eigenvalue weighted by Crippen LogP contribution is 2.17. The van der Waals surface area contributed by atoms with E-state index in [1.807, 2.05) is 0 Å². The van der Waals surface area contributed by atoms with Crippen LogP contribution >= 0.6 is 0 Å². The summed E-state index contributed by atoms with van der Waals surface area (Å²) in [6.07, 6.45) is 42.6. The zero-order valence-electron chi connectivity index (χ0n) is 27.9. The van der Waals surface area contributed by atoms with Crippen molar-refractivity contribution in [3.8, 4) is 0 Å². The van der Waals surface area contributed by atoms with Gasteiger partial charge >= 0.3 is 0 Å². The van der Waals surface area contributed by atoms with Crippen molar-refractivity contribution in [1.82, 2.24) is 0 Å². The summed E-state index contributed by atoms with van der Waals surface area (Å²) in [4.78, 5) is 0. The maximum absolute atomic E-state index is 9.27. The van der Waals surface area contributed by atoms with Gasteiger partial charge in [0, 0.05) is 6.61 Å². The molecule has 0 radical (unpaired) electrons. The van der Waals surface area contributed by atoms with Gasteiger partial charge in [-0.2, -0.15) is 0 Å². The molecule has 0 amide bonds. The molecule has 1 N–H and O–H groups in total. The van der Waals surface area contributed by atoms with Crippen molar-refractivity contribution in [2.75, 3.05) is 33.3 Å². The first-order valence-electron chi connectivity index (χ1n) is 18.6. The lowest BCUT2D eigenvalue weighted by Crippen LogP contribution is -2.46. The molecule has 0 rings (SSSR count). The Labute approximate surface area is 249 Å². The van der Waals surface area contributed by atoms with E-state index in [1.54, 1.807) is 0 Å². The van der Waals surface area contributed by atoms with Crippen LogP contribution in [0.5, 0.6) is 0 Å². The fraction of sp³-hybridized carbons (Fsp3) is 1.00. The Bertz CT molecular complexity index is 405. The molecule has 2 heteroatoms. The molecule has 236 valence electrons. The number of nitrogens with zero attached hydrogens (tertiary/aromatic N) is 1. The third-order valence-corrected chi connectivity index (χ3v) is 9.21. The second-order valence-corrected chi connectivity index (χ2v) is 13.4. The van der Waals surface area contributed by atoms with Crippen molar-refractivity contribution < 1.29 is 9.59 Å². The maximum atomic E-state index is 9.27. The minimum atomic E-state index is 0.359. The van der Waals surface area contributed by atoms with Crippen LogP contribution in [0.3, 0.4) is 0 Å². The minimum Gasteiger partial charge on any atom is -0.396 e. The molecule has 0 atom stereocenters. The Hall–Kier alpha value is -0.0800. The Balaban J connectivity index is 3.71. The van der Waals surface area contributed by atoms with E-state index in [-0.39, 0.29) is 0 Å². The van der Waals surface area contributed by atoms with Crippen LogP contribution in [-0.2, 0) is 0 Å². The highest BCUT2D eigenvalue weighted by molar-refractivity contribution is 4.53. The van der Waals surface area contributed by atoms with Crippen molar-refractivity contribution in [2.24, 2.45) is 0 Å².